The standard InChI is InChI=1S/C19H34N6O7/c20-8-2-1-4-12(19(31)32)23-16(28)13(10-26)24-17(29)14-5-3-9-25(14)18(30)11(21)6-7-15(22)27/h11-14,26H,1-10,20-21H2,(H2,22,27)(H,23,28)(H,24,29)(H,31,32). The summed E-state index contributed by atoms with van der Waals surface area (Å²) in [5.74, 6) is -3.86. The van der Waals surface area contributed by atoms with E-state index in [9.17, 15) is 34.2 Å². The number of amides is 4. The van der Waals surface area contributed by atoms with Crippen molar-refractivity contribution in [3.63, 3.8) is 0 Å². The second-order valence-electron chi connectivity index (χ2n) is 7.73. The van der Waals surface area contributed by atoms with Gasteiger partial charge in [0.15, 0.2) is 0 Å². The van der Waals surface area contributed by atoms with Crippen molar-refractivity contribution in [1.82, 2.24) is 15.5 Å². The number of nitrogens with two attached hydrogens (primary N) is 3. The highest BCUT2D eigenvalue weighted by Gasteiger charge is 2.37. The Morgan fingerprint density at radius 3 is 2.31 bits per heavy atom. The van der Waals surface area contributed by atoms with Crippen molar-refractivity contribution in [2.45, 2.75) is 69.1 Å². The first-order valence-corrected chi connectivity index (χ1v) is 10.6. The predicted molar refractivity (Wildman–Crippen MR) is 113 cm³/mol. The average Bonchev–Trinajstić information content (AvgIpc) is 3.24. The number of nitrogens with one attached hydrogen (secondary N) is 2. The molecule has 0 saturated carbocycles. The minimum atomic E-state index is -1.39. The molecular formula is C19H34N6O7. The van der Waals surface area contributed by atoms with E-state index in [0.717, 1.165) is 0 Å². The van der Waals surface area contributed by atoms with E-state index in [0.29, 0.717) is 32.2 Å². The fourth-order valence-electron chi connectivity index (χ4n) is 3.42. The number of aliphatic hydroxyl groups excluding tert-OH is 1. The molecular weight excluding hydrogens is 424 g/mol. The van der Waals surface area contributed by atoms with E-state index in [-0.39, 0.29) is 25.8 Å². The summed E-state index contributed by atoms with van der Waals surface area (Å²) < 4.78 is 0. The van der Waals surface area contributed by atoms with E-state index in [1.54, 1.807) is 0 Å². The quantitative estimate of drug-likeness (QED) is 0.129. The Labute approximate surface area is 186 Å². The fourth-order valence-corrected chi connectivity index (χ4v) is 3.42. The van der Waals surface area contributed by atoms with Gasteiger partial charge in [0.25, 0.3) is 0 Å². The molecule has 1 rings (SSSR count). The number of aliphatic hydroxyl groups is 1. The highest BCUT2D eigenvalue weighted by molar-refractivity contribution is 5.94. The molecule has 0 spiro atoms. The first-order chi connectivity index (χ1) is 15.1. The monoisotopic (exact) mass is 458 g/mol. The van der Waals surface area contributed by atoms with E-state index in [1.807, 2.05) is 0 Å². The van der Waals surface area contributed by atoms with Crippen molar-refractivity contribution >= 4 is 29.6 Å². The van der Waals surface area contributed by atoms with Crippen LogP contribution in [0.5, 0.6) is 0 Å². The topological polar surface area (TPSA) is 231 Å². The van der Waals surface area contributed by atoms with Gasteiger partial charge < -0.3 is 42.9 Å². The molecule has 182 valence electrons. The van der Waals surface area contributed by atoms with Gasteiger partial charge >= 0.3 is 5.97 Å². The number of carbonyl (C=O) groups excluding carboxylic acids is 4. The Kier molecular flexibility index (Phi) is 11.6. The molecule has 4 unspecified atom stereocenters. The van der Waals surface area contributed by atoms with Crippen LogP contribution in [-0.2, 0) is 24.0 Å². The lowest BCUT2D eigenvalue weighted by Gasteiger charge is -2.28. The van der Waals surface area contributed by atoms with Gasteiger partial charge in [-0.25, -0.2) is 4.79 Å². The second-order valence-corrected chi connectivity index (χ2v) is 7.73. The summed E-state index contributed by atoms with van der Waals surface area (Å²) in [6.45, 7) is -0.0939. The summed E-state index contributed by atoms with van der Waals surface area (Å²) in [4.78, 5) is 61.3. The van der Waals surface area contributed by atoms with Gasteiger partial charge in [0, 0.05) is 13.0 Å². The molecule has 0 radical (unpaired) electrons. The first kappa shape index (κ1) is 27.3. The van der Waals surface area contributed by atoms with E-state index in [1.165, 1.54) is 4.90 Å². The van der Waals surface area contributed by atoms with Crippen LogP contribution in [0.2, 0.25) is 0 Å². The number of aliphatic carboxylic acids is 1. The van der Waals surface area contributed by atoms with Crippen molar-refractivity contribution < 1.29 is 34.2 Å². The van der Waals surface area contributed by atoms with Crippen LogP contribution in [0, 0.1) is 0 Å². The molecule has 13 nitrogen and oxygen atoms in total. The van der Waals surface area contributed by atoms with Crippen LogP contribution in [0.15, 0.2) is 0 Å². The molecule has 10 N–H and O–H groups in total. The Balaban J connectivity index is 2.73. The molecule has 1 aliphatic heterocycles. The Morgan fingerprint density at radius 2 is 1.75 bits per heavy atom. The molecule has 13 heteroatoms. The predicted octanol–water partition coefficient (Wildman–Crippen LogP) is -3.25. The van der Waals surface area contributed by atoms with E-state index in [2.05, 4.69) is 10.6 Å². The van der Waals surface area contributed by atoms with E-state index < -0.39 is 60.4 Å². The van der Waals surface area contributed by atoms with Crippen LogP contribution in [0.4, 0.5) is 0 Å². The van der Waals surface area contributed by atoms with Crippen molar-refractivity contribution in [3.05, 3.63) is 0 Å². The first-order valence-electron chi connectivity index (χ1n) is 10.6. The lowest BCUT2D eigenvalue weighted by Crippen LogP contribution is -2.57. The summed E-state index contributed by atoms with van der Waals surface area (Å²) in [5.41, 5.74) is 16.3. The van der Waals surface area contributed by atoms with Crippen LogP contribution >= 0.6 is 0 Å². The highest BCUT2D eigenvalue weighted by atomic mass is 16.4. The molecule has 0 aromatic rings. The Bertz CT molecular complexity index is 689. The number of carboxylic acids is 1. The maximum atomic E-state index is 12.7. The lowest BCUT2D eigenvalue weighted by molar-refractivity contribution is -0.143. The number of rotatable bonds is 14. The summed E-state index contributed by atoms with van der Waals surface area (Å²) in [6, 6.07) is -4.48. The molecule has 4 amide bonds. The zero-order valence-electron chi connectivity index (χ0n) is 18.0. The maximum Gasteiger partial charge on any atom is 0.326 e. The van der Waals surface area contributed by atoms with Gasteiger partial charge in [-0.05, 0) is 45.1 Å². The van der Waals surface area contributed by atoms with Crippen molar-refractivity contribution in [3.8, 4) is 0 Å². The number of unbranched alkanes of at least 4 members (excludes halogenated alkanes) is 1. The minimum absolute atomic E-state index is 0.0431. The van der Waals surface area contributed by atoms with Gasteiger partial charge in [0.1, 0.15) is 18.1 Å². The molecule has 32 heavy (non-hydrogen) atoms. The van der Waals surface area contributed by atoms with Gasteiger partial charge in [0.2, 0.25) is 23.6 Å². The van der Waals surface area contributed by atoms with Gasteiger partial charge in [-0.15, -0.1) is 0 Å². The number of hydrogen-bond donors (Lipinski definition) is 7. The normalized spacial score (nSPS) is 18.5. The fraction of sp³-hybridized carbons (Fsp3) is 0.737. The molecule has 0 bridgehead atoms. The number of primary amides is 1. The second kappa shape index (κ2) is 13.6. The number of likely N-dealkylation sites (tertiary alicyclic amines) is 1. The number of carboxylic acid groups (broad SMARTS) is 1. The van der Waals surface area contributed by atoms with E-state index in [4.69, 9.17) is 17.2 Å². The Hall–Kier alpha value is -2.77. The molecule has 1 heterocycles. The zero-order chi connectivity index (χ0) is 24.3. The van der Waals surface area contributed by atoms with Crippen LogP contribution < -0.4 is 27.8 Å². The highest BCUT2D eigenvalue weighted by Crippen LogP contribution is 2.19. The van der Waals surface area contributed by atoms with Crippen LogP contribution in [0.3, 0.4) is 0 Å². The average molecular weight is 459 g/mol. The summed E-state index contributed by atoms with van der Waals surface area (Å²) in [6.07, 6.45) is 2.06. The Morgan fingerprint density at radius 1 is 1.06 bits per heavy atom. The molecule has 1 fully saturated rings. The number of nitrogens with zero attached hydrogens (tertiary/aromatic N) is 1. The minimum Gasteiger partial charge on any atom is -0.480 e. The summed E-state index contributed by atoms with van der Waals surface area (Å²) in [5, 5.41) is 23.5. The van der Waals surface area contributed by atoms with Gasteiger partial charge in [-0.3, -0.25) is 19.2 Å². The van der Waals surface area contributed by atoms with Gasteiger partial charge in [-0.1, -0.05) is 0 Å². The van der Waals surface area contributed by atoms with Crippen LogP contribution in [0.1, 0.15) is 44.9 Å². The van der Waals surface area contributed by atoms with Gasteiger partial charge in [-0.2, -0.15) is 0 Å². The third kappa shape index (κ3) is 8.40. The van der Waals surface area contributed by atoms with Crippen molar-refractivity contribution in [2.24, 2.45) is 17.2 Å². The van der Waals surface area contributed by atoms with Gasteiger partial charge in [0.05, 0.1) is 12.6 Å². The summed E-state index contributed by atoms with van der Waals surface area (Å²) in [7, 11) is 0. The number of hydrogen-bond acceptors (Lipinski definition) is 8. The van der Waals surface area contributed by atoms with Crippen LogP contribution in [0.25, 0.3) is 0 Å². The SMILES string of the molecule is NCCCCC(NC(=O)C(CO)NC(=O)C1CCCN1C(=O)C(N)CCC(N)=O)C(=O)O. The molecule has 1 aliphatic rings. The zero-order valence-corrected chi connectivity index (χ0v) is 18.0. The van der Waals surface area contributed by atoms with Crippen molar-refractivity contribution in [2.75, 3.05) is 19.7 Å². The smallest absolute Gasteiger partial charge is 0.326 e. The maximum absolute atomic E-state index is 12.7. The number of carbonyl (C=O) groups is 5. The molecule has 0 aliphatic carbocycles. The molecule has 4 atom stereocenters. The van der Waals surface area contributed by atoms with Crippen LogP contribution in [-0.4, -0.2) is 88.6 Å². The molecule has 0 aromatic carbocycles. The third-order valence-electron chi connectivity index (χ3n) is 5.23. The van der Waals surface area contributed by atoms with Crippen molar-refractivity contribution in [1.29, 1.82) is 0 Å². The largest absolute Gasteiger partial charge is 0.480 e. The lowest BCUT2D eigenvalue weighted by atomic mass is 10.1. The molecule has 0 aromatic heterocycles. The molecule has 1 saturated heterocycles. The van der Waals surface area contributed by atoms with E-state index >= 15 is 0 Å². The third-order valence-corrected chi connectivity index (χ3v) is 5.23. The summed E-state index contributed by atoms with van der Waals surface area (Å²) >= 11 is 0.